The van der Waals surface area contributed by atoms with Gasteiger partial charge in [0.15, 0.2) is 11.5 Å². The lowest BCUT2D eigenvalue weighted by atomic mass is 10.0. The highest BCUT2D eigenvalue weighted by Crippen LogP contribution is 2.38. The van der Waals surface area contributed by atoms with Gasteiger partial charge in [-0.1, -0.05) is 24.3 Å². The molecule has 0 saturated carbocycles. The van der Waals surface area contributed by atoms with Gasteiger partial charge in [-0.25, -0.2) is 8.42 Å². The summed E-state index contributed by atoms with van der Waals surface area (Å²) in [5.41, 5.74) is 1.14. The van der Waals surface area contributed by atoms with Crippen LogP contribution in [0.5, 0.6) is 11.5 Å². The normalized spacial score (nSPS) is 21.8. The van der Waals surface area contributed by atoms with Crippen molar-refractivity contribution in [2.24, 2.45) is 0 Å². The highest BCUT2D eigenvalue weighted by atomic mass is 32.2. The highest BCUT2D eigenvalue weighted by molar-refractivity contribution is 7.89. The van der Waals surface area contributed by atoms with Crippen LogP contribution in [0.1, 0.15) is 24.4 Å². The van der Waals surface area contributed by atoms with Gasteiger partial charge in [0.25, 0.3) is 0 Å². The van der Waals surface area contributed by atoms with Crippen molar-refractivity contribution in [3.05, 3.63) is 54.1 Å². The zero-order valence-corrected chi connectivity index (χ0v) is 19.4. The maximum absolute atomic E-state index is 13.1. The molecule has 5 rings (SSSR count). The Kier molecular flexibility index (Phi) is 6.27. The minimum absolute atomic E-state index is 0.0520. The van der Waals surface area contributed by atoms with Crippen molar-refractivity contribution in [3.8, 4) is 11.5 Å². The molecule has 2 fully saturated rings. The number of carbonyl (C=O) groups is 1. The fraction of sp³-hybridized carbons (Fsp3) is 0.458. The van der Waals surface area contributed by atoms with Crippen LogP contribution in [0.3, 0.4) is 0 Å². The summed E-state index contributed by atoms with van der Waals surface area (Å²) in [7, 11) is -3.52. The molecule has 0 bridgehead atoms. The smallest absolute Gasteiger partial charge is 0.243 e. The molecule has 9 heteroatoms. The van der Waals surface area contributed by atoms with E-state index in [1.165, 1.54) is 4.31 Å². The van der Waals surface area contributed by atoms with E-state index in [0.717, 1.165) is 36.4 Å². The first-order valence-electron chi connectivity index (χ1n) is 11.5. The Bertz CT molecular complexity index is 1100. The van der Waals surface area contributed by atoms with Gasteiger partial charge in [0.05, 0.1) is 11.4 Å². The molecule has 0 aliphatic carbocycles. The molecule has 1 atom stereocenters. The molecule has 2 aromatic rings. The lowest BCUT2D eigenvalue weighted by Crippen LogP contribution is -2.52. The van der Waals surface area contributed by atoms with E-state index in [0.29, 0.717) is 50.8 Å². The minimum Gasteiger partial charge on any atom is -0.486 e. The van der Waals surface area contributed by atoms with E-state index >= 15 is 0 Å². The number of sulfonamides is 1. The van der Waals surface area contributed by atoms with Crippen molar-refractivity contribution in [1.29, 1.82) is 0 Å². The summed E-state index contributed by atoms with van der Waals surface area (Å²) in [6.45, 7) is 3.77. The van der Waals surface area contributed by atoms with Crippen LogP contribution in [0, 0.1) is 0 Å². The SMILES string of the molecule is O=C(CN1CCC[C@@H]1c1ccc2c(c1)OCCO2)N1CCN(S(=O)(=O)c2ccccc2)CC1. The highest BCUT2D eigenvalue weighted by Gasteiger charge is 2.33. The van der Waals surface area contributed by atoms with Crippen LogP contribution in [-0.4, -0.2) is 80.9 Å². The van der Waals surface area contributed by atoms with Crippen LogP contribution >= 0.6 is 0 Å². The second kappa shape index (κ2) is 9.32. The number of benzene rings is 2. The Morgan fingerprint density at radius 3 is 2.39 bits per heavy atom. The first-order valence-corrected chi connectivity index (χ1v) is 12.9. The van der Waals surface area contributed by atoms with Crippen LogP contribution < -0.4 is 9.47 Å². The van der Waals surface area contributed by atoms with E-state index < -0.39 is 10.0 Å². The molecule has 3 aliphatic heterocycles. The van der Waals surface area contributed by atoms with Crippen molar-refractivity contribution < 1.29 is 22.7 Å². The third kappa shape index (κ3) is 4.58. The number of piperazine rings is 1. The van der Waals surface area contributed by atoms with Crippen molar-refractivity contribution in [2.75, 3.05) is 52.5 Å². The number of hydrogen-bond donors (Lipinski definition) is 0. The second-order valence-electron chi connectivity index (χ2n) is 8.63. The maximum Gasteiger partial charge on any atom is 0.243 e. The number of ether oxygens (including phenoxy) is 2. The molecule has 3 aliphatic rings. The molecule has 0 unspecified atom stereocenters. The average Bonchev–Trinajstić information content (AvgIpc) is 3.32. The van der Waals surface area contributed by atoms with E-state index in [-0.39, 0.29) is 11.9 Å². The van der Waals surface area contributed by atoms with Crippen LogP contribution in [0.2, 0.25) is 0 Å². The summed E-state index contributed by atoms with van der Waals surface area (Å²) in [6.07, 6.45) is 2.03. The molecule has 0 spiro atoms. The number of carbonyl (C=O) groups excluding carboxylic acids is 1. The molecule has 2 saturated heterocycles. The van der Waals surface area contributed by atoms with Crippen molar-refractivity contribution in [2.45, 2.75) is 23.8 Å². The monoisotopic (exact) mass is 471 g/mol. The predicted molar refractivity (Wildman–Crippen MR) is 123 cm³/mol. The van der Waals surface area contributed by atoms with Gasteiger partial charge in [-0.15, -0.1) is 0 Å². The molecule has 176 valence electrons. The predicted octanol–water partition coefficient (Wildman–Crippen LogP) is 2.13. The molecule has 2 aromatic carbocycles. The quantitative estimate of drug-likeness (QED) is 0.665. The lowest BCUT2D eigenvalue weighted by molar-refractivity contribution is -0.133. The largest absolute Gasteiger partial charge is 0.486 e. The van der Waals surface area contributed by atoms with Gasteiger partial charge in [-0.2, -0.15) is 4.31 Å². The fourth-order valence-corrected chi connectivity index (χ4v) is 6.30. The van der Waals surface area contributed by atoms with Gasteiger partial charge in [0.2, 0.25) is 15.9 Å². The number of fused-ring (bicyclic) bond motifs is 1. The third-order valence-electron chi connectivity index (χ3n) is 6.63. The summed E-state index contributed by atoms with van der Waals surface area (Å²) in [5.74, 6) is 1.60. The Morgan fingerprint density at radius 1 is 0.909 bits per heavy atom. The molecule has 0 N–H and O–H groups in total. The fourth-order valence-electron chi connectivity index (χ4n) is 4.85. The van der Waals surface area contributed by atoms with Crippen LogP contribution in [0.25, 0.3) is 0 Å². The van der Waals surface area contributed by atoms with E-state index in [9.17, 15) is 13.2 Å². The maximum atomic E-state index is 13.1. The van der Waals surface area contributed by atoms with Crippen molar-refractivity contribution in [1.82, 2.24) is 14.1 Å². The van der Waals surface area contributed by atoms with Gasteiger partial charge in [0, 0.05) is 32.2 Å². The van der Waals surface area contributed by atoms with Gasteiger partial charge in [-0.05, 0) is 49.2 Å². The molecule has 3 heterocycles. The summed E-state index contributed by atoms with van der Waals surface area (Å²) in [6, 6.07) is 14.7. The van der Waals surface area contributed by atoms with Crippen LogP contribution in [-0.2, 0) is 14.8 Å². The first-order chi connectivity index (χ1) is 16.0. The summed E-state index contributed by atoms with van der Waals surface area (Å²) in [4.78, 5) is 17.4. The molecular formula is C24H29N3O5S. The van der Waals surface area contributed by atoms with Crippen LogP contribution in [0.4, 0.5) is 0 Å². The average molecular weight is 472 g/mol. The van der Waals surface area contributed by atoms with E-state index in [2.05, 4.69) is 11.0 Å². The molecule has 33 heavy (non-hydrogen) atoms. The summed E-state index contributed by atoms with van der Waals surface area (Å²) < 4.78 is 38.5. The Morgan fingerprint density at radius 2 is 1.64 bits per heavy atom. The Hall–Kier alpha value is -2.62. The Labute approximate surface area is 194 Å². The van der Waals surface area contributed by atoms with Gasteiger partial charge in [-0.3, -0.25) is 9.69 Å². The van der Waals surface area contributed by atoms with Gasteiger partial charge >= 0.3 is 0 Å². The first kappa shape index (κ1) is 22.2. The lowest BCUT2D eigenvalue weighted by Gasteiger charge is -2.35. The van der Waals surface area contributed by atoms with E-state index in [1.807, 2.05) is 12.1 Å². The summed E-state index contributed by atoms with van der Waals surface area (Å²) >= 11 is 0. The number of rotatable bonds is 5. The number of likely N-dealkylation sites (tertiary alicyclic amines) is 1. The molecule has 8 nitrogen and oxygen atoms in total. The molecule has 1 amide bonds. The molecule has 0 aromatic heterocycles. The molecule has 0 radical (unpaired) electrons. The van der Waals surface area contributed by atoms with Crippen LogP contribution in [0.15, 0.2) is 53.4 Å². The molecular weight excluding hydrogens is 442 g/mol. The zero-order valence-electron chi connectivity index (χ0n) is 18.6. The van der Waals surface area contributed by atoms with Crippen molar-refractivity contribution >= 4 is 15.9 Å². The second-order valence-corrected chi connectivity index (χ2v) is 10.6. The topological polar surface area (TPSA) is 79.4 Å². The minimum atomic E-state index is -3.52. The standard InChI is InChI=1S/C24H29N3O5S/c28-24(25-11-13-27(14-12-25)33(29,30)20-5-2-1-3-6-20)18-26-10-4-7-21(26)19-8-9-22-23(17-19)32-16-15-31-22/h1-3,5-6,8-9,17,21H,4,7,10-16,18H2/t21-/m1/s1. The zero-order chi connectivity index (χ0) is 22.8. The number of hydrogen-bond acceptors (Lipinski definition) is 6. The number of amides is 1. The van der Waals surface area contributed by atoms with E-state index in [1.54, 1.807) is 35.2 Å². The van der Waals surface area contributed by atoms with Gasteiger partial charge < -0.3 is 14.4 Å². The van der Waals surface area contributed by atoms with Gasteiger partial charge in [0.1, 0.15) is 13.2 Å². The summed E-state index contributed by atoms with van der Waals surface area (Å²) in [5, 5.41) is 0. The third-order valence-corrected chi connectivity index (χ3v) is 8.54. The number of nitrogens with zero attached hydrogens (tertiary/aromatic N) is 3. The van der Waals surface area contributed by atoms with Crippen molar-refractivity contribution in [3.63, 3.8) is 0 Å². The van der Waals surface area contributed by atoms with E-state index in [4.69, 9.17) is 9.47 Å². The Balaban J connectivity index is 1.20.